The van der Waals surface area contributed by atoms with Gasteiger partial charge in [0.15, 0.2) is 0 Å². The summed E-state index contributed by atoms with van der Waals surface area (Å²) in [4.78, 5) is 4.35. The number of nitrogens with one attached hydrogen (secondary N) is 1. The summed E-state index contributed by atoms with van der Waals surface area (Å²) in [6.45, 7) is 1.08. The van der Waals surface area contributed by atoms with E-state index in [4.69, 9.17) is 5.26 Å². The second-order valence-electron chi connectivity index (χ2n) is 6.30. The van der Waals surface area contributed by atoms with Gasteiger partial charge in [0.1, 0.15) is 17.3 Å². The predicted octanol–water partition coefficient (Wildman–Crippen LogP) is 2.13. The molecule has 0 saturated carbocycles. The maximum atomic E-state index is 10.9. The first-order chi connectivity index (χ1) is 11.7. The summed E-state index contributed by atoms with van der Waals surface area (Å²) in [5.41, 5.74) is 3.84. The highest BCUT2D eigenvalue weighted by Gasteiger charge is 2.35. The Kier molecular flexibility index (Phi) is 3.57. The van der Waals surface area contributed by atoms with E-state index in [-0.39, 0.29) is 0 Å². The van der Waals surface area contributed by atoms with Crippen LogP contribution < -0.4 is 5.32 Å². The van der Waals surface area contributed by atoms with Crippen LogP contribution in [0.1, 0.15) is 28.8 Å². The number of rotatable bonds is 4. The van der Waals surface area contributed by atoms with Crippen LogP contribution in [0.2, 0.25) is 0 Å². The maximum Gasteiger partial charge on any atom is 0.137 e. The average Bonchev–Trinajstić information content (AvgIpc) is 3.17. The zero-order valence-corrected chi connectivity index (χ0v) is 13.2. The number of fused-ring (bicyclic) bond motifs is 2. The highest BCUT2D eigenvalue weighted by molar-refractivity contribution is 5.44. The van der Waals surface area contributed by atoms with Gasteiger partial charge in [-0.1, -0.05) is 24.3 Å². The van der Waals surface area contributed by atoms with Crippen LogP contribution >= 0.6 is 0 Å². The fourth-order valence-electron chi connectivity index (χ4n) is 3.48. The molecule has 0 aliphatic heterocycles. The Hall–Kier alpha value is -2.68. The molecule has 5 heteroatoms. The molecule has 0 spiro atoms. The second-order valence-corrected chi connectivity index (χ2v) is 6.30. The van der Waals surface area contributed by atoms with E-state index in [1.807, 2.05) is 28.7 Å². The molecule has 0 saturated heterocycles. The molecule has 0 radical (unpaired) electrons. The van der Waals surface area contributed by atoms with Crippen molar-refractivity contribution in [3.63, 3.8) is 0 Å². The van der Waals surface area contributed by atoms with E-state index in [1.54, 1.807) is 18.5 Å². The second kappa shape index (κ2) is 5.75. The van der Waals surface area contributed by atoms with E-state index in [0.29, 0.717) is 18.7 Å². The van der Waals surface area contributed by atoms with Gasteiger partial charge < -0.3 is 14.8 Å². The van der Waals surface area contributed by atoms with Crippen LogP contribution in [0.3, 0.4) is 0 Å². The molecule has 0 fully saturated rings. The minimum absolute atomic E-state index is 0.495. The van der Waals surface area contributed by atoms with Crippen molar-refractivity contribution in [3.8, 4) is 6.07 Å². The van der Waals surface area contributed by atoms with Crippen LogP contribution in [0.5, 0.6) is 0 Å². The van der Waals surface area contributed by atoms with Gasteiger partial charge in [0.05, 0.1) is 17.5 Å². The molecule has 2 N–H and O–H groups in total. The first-order valence-electron chi connectivity index (χ1n) is 8.07. The zero-order valence-electron chi connectivity index (χ0n) is 13.2. The van der Waals surface area contributed by atoms with Gasteiger partial charge in [0, 0.05) is 19.3 Å². The van der Waals surface area contributed by atoms with Crippen molar-refractivity contribution < 1.29 is 5.11 Å². The molecule has 0 amide bonds. The van der Waals surface area contributed by atoms with Gasteiger partial charge in [-0.3, -0.25) is 0 Å². The standard InChI is InChI=1S/C19H18N4O/c20-9-14-5-6-18-22-11-16(23(18)12-14)10-21-13-19(24)8-7-15-3-1-2-4-17(15)19/h1-6,11-12,21,24H,7-8,10,13H2. The number of hydrogen-bond donors (Lipinski definition) is 2. The van der Waals surface area contributed by atoms with E-state index >= 15 is 0 Å². The molecule has 2 aromatic heterocycles. The molecule has 1 aliphatic rings. The molecular weight excluding hydrogens is 300 g/mol. The molecule has 120 valence electrons. The van der Waals surface area contributed by atoms with Crippen molar-refractivity contribution >= 4 is 5.65 Å². The normalized spacial score (nSPS) is 19.3. The monoisotopic (exact) mass is 318 g/mol. The van der Waals surface area contributed by atoms with Crippen LogP contribution in [-0.4, -0.2) is 21.0 Å². The third kappa shape index (κ3) is 2.46. The highest BCUT2D eigenvalue weighted by atomic mass is 16.3. The molecule has 3 aromatic rings. The minimum atomic E-state index is -0.811. The van der Waals surface area contributed by atoms with Crippen LogP contribution in [0.25, 0.3) is 5.65 Å². The summed E-state index contributed by atoms with van der Waals surface area (Å²) in [7, 11) is 0. The SMILES string of the molecule is N#Cc1ccc2ncc(CNCC3(O)CCc4ccccc43)n2c1. The number of benzene rings is 1. The summed E-state index contributed by atoms with van der Waals surface area (Å²) < 4.78 is 1.91. The molecular formula is C19H18N4O. The molecule has 1 aliphatic carbocycles. The van der Waals surface area contributed by atoms with Crippen molar-refractivity contribution in [1.29, 1.82) is 5.26 Å². The summed E-state index contributed by atoms with van der Waals surface area (Å²) in [6, 6.07) is 13.8. The number of pyridine rings is 1. The molecule has 2 heterocycles. The van der Waals surface area contributed by atoms with Crippen molar-refractivity contribution in [2.24, 2.45) is 0 Å². The third-order valence-corrected chi connectivity index (χ3v) is 4.76. The van der Waals surface area contributed by atoms with Crippen molar-refractivity contribution in [2.75, 3.05) is 6.54 Å². The fourth-order valence-corrected chi connectivity index (χ4v) is 3.48. The lowest BCUT2D eigenvalue weighted by Gasteiger charge is -2.24. The maximum absolute atomic E-state index is 10.9. The summed E-state index contributed by atoms with van der Waals surface area (Å²) in [5, 5.41) is 23.3. The van der Waals surface area contributed by atoms with Gasteiger partial charge in [0.2, 0.25) is 0 Å². The van der Waals surface area contributed by atoms with E-state index in [1.165, 1.54) is 5.56 Å². The average molecular weight is 318 g/mol. The molecule has 4 rings (SSSR count). The lowest BCUT2D eigenvalue weighted by atomic mass is 9.96. The molecule has 1 atom stereocenters. The molecule has 1 aromatic carbocycles. The highest BCUT2D eigenvalue weighted by Crippen LogP contribution is 2.36. The number of nitriles is 1. The van der Waals surface area contributed by atoms with Gasteiger partial charge in [0.25, 0.3) is 0 Å². The Bertz CT molecular complexity index is 940. The van der Waals surface area contributed by atoms with Crippen molar-refractivity contribution in [1.82, 2.24) is 14.7 Å². The quantitative estimate of drug-likeness (QED) is 0.773. The third-order valence-electron chi connectivity index (χ3n) is 4.76. The van der Waals surface area contributed by atoms with E-state index in [2.05, 4.69) is 22.4 Å². The summed E-state index contributed by atoms with van der Waals surface area (Å²) >= 11 is 0. The molecule has 24 heavy (non-hydrogen) atoms. The van der Waals surface area contributed by atoms with Gasteiger partial charge in [-0.05, 0) is 36.1 Å². The Morgan fingerprint density at radius 2 is 2.17 bits per heavy atom. The van der Waals surface area contributed by atoms with Gasteiger partial charge in [-0.15, -0.1) is 0 Å². The van der Waals surface area contributed by atoms with Gasteiger partial charge in [-0.2, -0.15) is 5.26 Å². The molecule has 0 bridgehead atoms. The van der Waals surface area contributed by atoms with Crippen LogP contribution in [0.4, 0.5) is 0 Å². The van der Waals surface area contributed by atoms with Crippen LogP contribution in [0, 0.1) is 11.3 Å². The van der Waals surface area contributed by atoms with Gasteiger partial charge >= 0.3 is 0 Å². The number of aryl methyl sites for hydroxylation is 1. The smallest absolute Gasteiger partial charge is 0.137 e. The number of aromatic nitrogens is 2. The summed E-state index contributed by atoms with van der Waals surface area (Å²) in [5.74, 6) is 0. The number of nitrogens with zero attached hydrogens (tertiary/aromatic N) is 3. The van der Waals surface area contributed by atoms with Crippen molar-refractivity contribution in [2.45, 2.75) is 25.0 Å². The van der Waals surface area contributed by atoms with Gasteiger partial charge in [-0.25, -0.2) is 4.98 Å². The zero-order chi connectivity index (χ0) is 16.6. The van der Waals surface area contributed by atoms with E-state index in [9.17, 15) is 5.11 Å². The number of imidazole rings is 1. The Morgan fingerprint density at radius 3 is 3.04 bits per heavy atom. The summed E-state index contributed by atoms with van der Waals surface area (Å²) in [6.07, 6.45) is 5.25. The Balaban J connectivity index is 1.50. The molecule has 1 unspecified atom stereocenters. The Labute approximate surface area is 140 Å². The minimum Gasteiger partial charge on any atom is -0.384 e. The number of hydrogen-bond acceptors (Lipinski definition) is 4. The first kappa shape index (κ1) is 14.9. The van der Waals surface area contributed by atoms with Crippen molar-refractivity contribution in [3.05, 3.63) is 71.2 Å². The predicted molar refractivity (Wildman–Crippen MR) is 90.3 cm³/mol. The first-order valence-corrected chi connectivity index (χ1v) is 8.07. The fraction of sp³-hybridized carbons (Fsp3) is 0.263. The number of aliphatic hydroxyl groups is 1. The lowest BCUT2D eigenvalue weighted by molar-refractivity contribution is 0.0383. The Morgan fingerprint density at radius 1 is 1.29 bits per heavy atom. The molecule has 5 nitrogen and oxygen atoms in total. The largest absolute Gasteiger partial charge is 0.384 e. The topological polar surface area (TPSA) is 73.3 Å². The van der Waals surface area contributed by atoms with Crippen LogP contribution in [-0.2, 0) is 18.6 Å². The van der Waals surface area contributed by atoms with E-state index in [0.717, 1.165) is 29.7 Å². The van der Waals surface area contributed by atoms with Crippen LogP contribution in [0.15, 0.2) is 48.8 Å². The lowest BCUT2D eigenvalue weighted by Crippen LogP contribution is -2.36. The van der Waals surface area contributed by atoms with E-state index < -0.39 is 5.60 Å².